The topological polar surface area (TPSA) is 133 Å². The van der Waals surface area contributed by atoms with Gasteiger partial charge in [0.15, 0.2) is 5.71 Å². The quantitative estimate of drug-likeness (QED) is 0.253. The minimum absolute atomic E-state index is 0.0719. The maximum atomic E-state index is 12.7. The van der Waals surface area contributed by atoms with Crippen molar-refractivity contribution in [3.8, 4) is 0 Å². The van der Waals surface area contributed by atoms with E-state index in [9.17, 15) is 19.7 Å². The molecule has 0 saturated heterocycles. The van der Waals surface area contributed by atoms with Crippen molar-refractivity contribution >= 4 is 23.6 Å². The first-order valence-corrected chi connectivity index (χ1v) is 9.20. The number of rotatable bonds is 6. The highest BCUT2D eigenvalue weighted by atomic mass is 16.8. The van der Waals surface area contributed by atoms with E-state index in [0.717, 1.165) is 0 Å². The normalized spacial score (nSPS) is 20.0. The maximum Gasteiger partial charge on any atom is 0.535 e. The van der Waals surface area contributed by atoms with Crippen molar-refractivity contribution in [3.05, 3.63) is 46.2 Å². The lowest BCUT2D eigenvalue weighted by atomic mass is 9.72. The van der Waals surface area contributed by atoms with Gasteiger partial charge < -0.3 is 10.1 Å². The van der Waals surface area contributed by atoms with Crippen LogP contribution in [0.4, 0.5) is 10.6 Å². The molecule has 1 atom stereocenters. The summed E-state index contributed by atoms with van der Waals surface area (Å²) < 4.78 is 4.63. The van der Waals surface area contributed by atoms with Crippen LogP contribution in [0.2, 0.25) is 0 Å². The molecule has 29 heavy (non-hydrogen) atoms. The van der Waals surface area contributed by atoms with Gasteiger partial charge in [0.25, 0.3) is 5.91 Å². The highest BCUT2D eigenvalue weighted by Gasteiger charge is 2.37. The Balaban J connectivity index is 2.35. The monoisotopic (exact) mass is 404 g/mol. The van der Waals surface area contributed by atoms with Gasteiger partial charge in [-0.25, -0.2) is 9.78 Å². The van der Waals surface area contributed by atoms with E-state index in [1.165, 1.54) is 12.3 Å². The molecule has 1 heterocycles. The molecule has 0 bridgehead atoms. The van der Waals surface area contributed by atoms with E-state index < -0.39 is 18.1 Å². The molecule has 1 aromatic heterocycles. The number of carbonyl (C=O) groups is 2. The molecule has 1 aromatic rings. The third-order valence-electron chi connectivity index (χ3n) is 4.40. The van der Waals surface area contributed by atoms with Crippen LogP contribution in [0.25, 0.3) is 0 Å². The maximum absolute atomic E-state index is 12.7. The molecule has 156 valence electrons. The van der Waals surface area contributed by atoms with Crippen molar-refractivity contribution in [1.29, 1.82) is 0 Å². The van der Waals surface area contributed by atoms with Crippen molar-refractivity contribution in [3.63, 3.8) is 0 Å². The molecule has 1 N–H and O–H groups in total. The molecule has 1 aliphatic rings. The Morgan fingerprint density at radius 1 is 1.45 bits per heavy atom. The number of carbonyl (C=O) groups excluding carboxylic acids is 2. The Morgan fingerprint density at radius 3 is 2.83 bits per heavy atom. The predicted molar refractivity (Wildman–Crippen MR) is 105 cm³/mol. The number of hydrogen-bond donors (Lipinski definition) is 1. The minimum atomic E-state index is -1.08. The highest BCUT2D eigenvalue weighted by molar-refractivity contribution is 6.47. The lowest BCUT2D eigenvalue weighted by molar-refractivity contribution is -0.515. The van der Waals surface area contributed by atoms with Crippen molar-refractivity contribution < 1.29 is 24.1 Å². The first kappa shape index (κ1) is 22.0. The zero-order chi connectivity index (χ0) is 21.4. The molecule has 0 aromatic carbocycles. The van der Waals surface area contributed by atoms with Gasteiger partial charge in [0.05, 0.1) is 6.61 Å². The molecular weight excluding hydrogens is 380 g/mol. The van der Waals surface area contributed by atoms with Gasteiger partial charge in [0.2, 0.25) is 6.04 Å². The van der Waals surface area contributed by atoms with Crippen LogP contribution < -0.4 is 5.32 Å². The van der Waals surface area contributed by atoms with E-state index in [-0.39, 0.29) is 28.5 Å². The standard InChI is InChI=1S/C19H24N4O6/c1-4-28-18(25)29-22-14(17(24)21-16-7-5-6-10-20-16)11-13-12-19(2,3)9-8-15(13)23(26)27/h5-7,10-11,15H,4,8-9,12H2,1-3H3,(H,20,21,24)/b13-11+,22-14+. The van der Waals surface area contributed by atoms with Crippen LogP contribution in [0.5, 0.6) is 0 Å². The lowest BCUT2D eigenvalue weighted by Crippen LogP contribution is -2.34. The third kappa shape index (κ3) is 6.66. The van der Waals surface area contributed by atoms with Crippen LogP contribution in [0.15, 0.2) is 41.2 Å². The SMILES string of the molecule is CCOC(=O)O/N=C(\C=C1/CC(C)(C)CCC1[N+](=O)[O-])C(=O)Nc1ccccn1. The zero-order valence-electron chi connectivity index (χ0n) is 16.6. The second-order valence-corrected chi connectivity index (χ2v) is 7.32. The van der Waals surface area contributed by atoms with E-state index in [2.05, 4.69) is 25.0 Å². The highest BCUT2D eigenvalue weighted by Crippen LogP contribution is 2.39. The van der Waals surface area contributed by atoms with Crippen LogP contribution in [0.1, 0.15) is 40.0 Å². The Morgan fingerprint density at radius 2 is 2.21 bits per heavy atom. The number of nitro groups is 1. The van der Waals surface area contributed by atoms with Gasteiger partial charge >= 0.3 is 6.16 Å². The van der Waals surface area contributed by atoms with E-state index in [1.54, 1.807) is 25.1 Å². The Bertz CT molecular complexity index is 819. The van der Waals surface area contributed by atoms with Gasteiger partial charge in [0.1, 0.15) is 5.82 Å². The molecule has 1 amide bonds. The molecule has 0 aliphatic heterocycles. The number of pyridine rings is 1. The minimum Gasteiger partial charge on any atom is -0.433 e. The lowest BCUT2D eigenvalue weighted by Gasteiger charge is -2.32. The molecule has 0 radical (unpaired) electrons. The molecule has 10 heteroatoms. The molecular formula is C19H24N4O6. The molecule has 1 fully saturated rings. The average Bonchev–Trinajstić information content (AvgIpc) is 2.65. The summed E-state index contributed by atoms with van der Waals surface area (Å²) in [7, 11) is 0. The van der Waals surface area contributed by atoms with Crippen LogP contribution >= 0.6 is 0 Å². The van der Waals surface area contributed by atoms with E-state index in [1.807, 2.05) is 13.8 Å². The zero-order valence-corrected chi connectivity index (χ0v) is 16.6. The number of nitrogens with one attached hydrogen (secondary N) is 1. The van der Waals surface area contributed by atoms with Gasteiger partial charge in [0, 0.05) is 23.1 Å². The number of nitrogens with zero attached hydrogens (tertiary/aromatic N) is 3. The summed E-state index contributed by atoms with van der Waals surface area (Å²) in [6, 6.07) is 4.00. The fraction of sp³-hybridized carbons (Fsp3) is 0.474. The third-order valence-corrected chi connectivity index (χ3v) is 4.40. The Kier molecular flexibility index (Phi) is 7.40. The van der Waals surface area contributed by atoms with Crippen molar-refractivity contribution in [2.75, 3.05) is 11.9 Å². The molecule has 10 nitrogen and oxygen atoms in total. The second-order valence-electron chi connectivity index (χ2n) is 7.32. The van der Waals surface area contributed by atoms with E-state index in [0.29, 0.717) is 24.8 Å². The number of ether oxygens (including phenoxy) is 1. The van der Waals surface area contributed by atoms with Crippen LogP contribution in [0.3, 0.4) is 0 Å². The molecule has 2 rings (SSSR count). The van der Waals surface area contributed by atoms with Crippen LogP contribution in [0, 0.1) is 15.5 Å². The Labute approximate surface area is 168 Å². The molecule has 1 saturated carbocycles. The van der Waals surface area contributed by atoms with Gasteiger partial charge in [-0.2, -0.15) is 0 Å². The van der Waals surface area contributed by atoms with E-state index in [4.69, 9.17) is 0 Å². The Hall–Kier alpha value is -3.30. The van der Waals surface area contributed by atoms with Crippen molar-refractivity contribution in [2.45, 2.75) is 46.1 Å². The van der Waals surface area contributed by atoms with Gasteiger partial charge in [-0.3, -0.25) is 19.7 Å². The molecule has 1 unspecified atom stereocenters. The fourth-order valence-corrected chi connectivity index (χ4v) is 3.02. The first-order chi connectivity index (χ1) is 13.7. The van der Waals surface area contributed by atoms with Gasteiger partial charge in [-0.05, 0) is 43.4 Å². The number of hydrogen-bond acceptors (Lipinski definition) is 8. The summed E-state index contributed by atoms with van der Waals surface area (Å²) in [5, 5.41) is 17.6. The summed E-state index contributed by atoms with van der Waals surface area (Å²) in [6.07, 6.45) is 3.16. The first-order valence-electron chi connectivity index (χ1n) is 9.20. The molecule has 0 spiro atoms. The molecule has 1 aliphatic carbocycles. The smallest absolute Gasteiger partial charge is 0.433 e. The largest absolute Gasteiger partial charge is 0.535 e. The summed E-state index contributed by atoms with van der Waals surface area (Å²) in [6.45, 7) is 5.66. The summed E-state index contributed by atoms with van der Waals surface area (Å²) >= 11 is 0. The van der Waals surface area contributed by atoms with Crippen molar-refractivity contribution in [1.82, 2.24) is 4.98 Å². The number of oxime groups is 1. The van der Waals surface area contributed by atoms with Crippen LogP contribution in [-0.4, -0.2) is 40.3 Å². The van der Waals surface area contributed by atoms with Gasteiger partial charge in [-0.1, -0.05) is 25.1 Å². The fourth-order valence-electron chi connectivity index (χ4n) is 3.02. The summed E-state index contributed by atoms with van der Waals surface area (Å²) in [5.74, 6) is -0.458. The summed E-state index contributed by atoms with van der Waals surface area (Å²) in [4.78, 5) is 43.9. The number of aromatic nitrogens is 1. The number of amides is 1. The van der Waals surface area contributed by atoms with Crippen molar-refractivity contribution in [2.24, 2.45) is 10.6 Å². The van der Waals surface area contributed by atoms with E-state index >= 15 is 0 Å². The number of anilines is 1. The average molecular weight is 404 g/mol. The van der Waals surface area contributed by atoms with Gasteiger partial charge in [-0.15, -0.1) is 0 Å². The second kappa shape index (κ2) is 9.76. The van der Waals surface area contributed by atoms with Crippen LogP contribution in [-0.2, 0) is 14.4 Å². The predicted octanol–water partition coefficient (Wildman–Crippen LogP) is 3.33. The summed E-state index contributed by atoms with van der Waals surface area (Å²) in [5.41, 5.74) is -0.0139.